The summed E-state index contributed by atoms with van der Waals surface area (Å²) in [4.78, 5) is 26.2. The number of nitrogens with zero attached hydrogens (tertiary/aromatic N) is 4. The van der Waals surface area contributed by atoms with E-state index in [1.807, 2.05) is 0 Å². The summed E-state index contributed by atoms with van der Waals surface area (Å²) in [7, 11) is 1.64. The van der Waals surface area contributed by atoms with Crippen LogP contribution in [0.4, 0.5) is 5.95 Å². The van der Waals surface area contributed by atoms with E-state index in [9.17, 15) is 9.59 Å². The number of carbonyl (C=O) groups is 1. The van der Waals surface area contributed by atoms with E-state index in [1.165, 1.54) is 23.1 Å². The number of amides is 1. The van der Waals surface area contributed by atoms with Crippen molar-refractivity contribution < 1.29 is 4.79 Å². The fourth-order valence-electron chi connectivity index (χ4n) is 1.05. The fourth-order valence-corrected chi connectivity index (χ4v) is 1.05. The van der Waals surface area contributed by atoms with Gasteiger partial charge >= 0.3 is 0 Å². The third kappa shape index (κ3) is 1.95. The molecular formula is C8H8N6O2. The quantitative estimate of drug-likeness (QED) is 0.685. The lowest BCUT2D eigenvalue weighted by Crippen LogP contribution is -2.19. The molecule has 0 atom stereocenters. The van der Waals surface area contributed by atoms with Gasteiger partial charge in [-0.1, -0.05) is 0 Å². The van der Waals surface area contributed by atoms with Gasteiger partial charge in [0.25, 0.3) is 11.5 Å². The van der Waals surface area contributed by atoms with Gasteiger partial charge in [0.2, 0.25) is 5.95 Å². The first-order valence-electron chi connectivity index (χ1n) is 4.38. The average molecular weight is 220 g/mol. The van der Waals surface area contributed by atoms with E-state index in [0.717, 1.165) is 0 Å². The van der Waals surface area contributed by atoms with Crippen LogP contribution in [0.25, 0.3) is 0 Å². The molecular weight excluding hydrogens is 212 g/mol. The minimum atomic E-state index is -0.465. The minimum Gasteiger partial charge on any atom is -0.289 e. The lowest BCUT2D eigenvalue weighted by atomic mass is 10.4. The molecule has 0 aromatic carbocycles. The molecule has 1 amide bonds. The van der Waals surface area contributed by atoms with Crippen LogP contribution in [0.5, 0.6) is 0 Å². The van der Waals surface area contributed by atoms with E-state index in [0.29, 0.717) is 5.95 Å². The van der Waals surface area contributed by atoms with Crippen LogP contribution < -0.4 is 10.9 Å². The van der Waals surface area contributed by atoms with Crippen LogP contribution in [-0.2, 0) is 7.05 Å². The Bertz CT molecular complexity index is 551. The number of aromatic amines is 1. The van der Waals surface area contributed by atoms with Crippen molar-refractivity contribution in [2.24, 2.45) is 7.05 Å². The second-order valence-corrected chi connectivity index (χ2v) is 2.97. The van der Waals surface area contributed by atoms with Gasteiger partial charge in [-0.2, -0.15) is 15.2 Å². The highest BCUT2D eigenvalue weighted by molar-refractivity contribution is 6.01. The lowest BCUT2D eigenvalue weighted by molar-refractivity contribution is 0.102. The minimum absolute atomic E-state index is 0.0996. The summed E-state index contributed by atoms with van der Waals surface area (Å²) in [5.41, 5.74) is -0.266. The van der Waals surface area contributed by atoms with Crippen LogP contribution in [0.15, 0.2) is 23.3 Å². The Kier molecular flexibility index (Phi) is 2.46. The van der Waals surface area contributed by atoms with Crippen molar-refractivity contribution in [1.82, 2.24) is 25.0 Å². The highest BCUT2D eigenvalue weighted by atomic mass is 16.2. The summed E-state index contributed by atoms with van der Waals surface area (Å²) >= 11 is 0. The molecule has 0 saturated heterocycles. The number of carbonyl (C=O) groups excluding carboxylic acids is 1. The molecule has 0 aliphatic rings. The Hall–Kier alpha value is -2.51. The van der Waals surface area contributed by atoms with Crippen molar-refractivity contribution in [3.63, 3.8) is 0 Å². The molecule has 2 N–H and O–H groups in total. The topological polar surface area (TPSA) is 106 Å². The first-order valence-corrected chi connectivity index (χ1v) is 4.38. The molecule has 0 unspecified atom stereocenters. The number of hydrogen-bond donors (Lipinski definition) is 2. The molecule has 8 heteroatoms. The van der Waals surface area contributed by atoms with E-state index in [4.69, 9.17) is 0 Å². The summed E-state index contributed by atoms with van der Waals surface area (Å²) in [6, 6.07) is 2.54. The zero-order valence-corrected chi connectivity index (χ0v) is 8.34. The normalized spacial score (nSPS) is 10.1. The third-order valence-corrected chi connectivity index (χ3v) is 1.85. The fraction of sp³-hybridized carbons (Fsp3) is 0.125. The van der Waals surface area contributed by atoms with Gasteiger partial charge in [-0.05, 0) is 6.07 Å². The number of nitrogens with one attached hydrogen (secondary N) is 2. The van der Waals surface area contributed by atoms with Gasteiger partial charge in [0.05, 0.1) is 0 Å². The van der Waals surface area contributed by atoms with Crippen LogP contribution in [-0.4, -0.2) is 30.9 Å². The highest BCUT2D eigenvalue weighted by Crippen LogP contribution is 2.00. The van der Waals surface area contributed by atoms with Gasteiger partial charge in [-0.3, -0.25) is 14.9 Å². The molecule has 2 aromatic rings. The highest BCUT2D eigenvalue weighted by Gasteiger charge is 2.10. The maximum Gasteiger partial charge on any atom is 0.278 e. The van der Waals surface area contributed by atoms with Gasteiger partial charge in [-0.25, -0.2) is 9.78 Å². The average Bonchev–Trinajstić information content (AvgIpc) is 2.65. The number of hydrogen-bond acceptors (Lipinski definition) is 5. The Labute approximate surface area is 89.3 Å². The van der Waals surface area contributed by atoms with Crippen LogP contribution in [0.2, 0.25) is 0 Å². The summed E-state index contributed by atoms with van der Waals surface area (Å²) in [5.74, 6) is -0.162. The Morgan fingerprint density at radius 1 is 1.50 bits per heavy atom. The van der Waals surface area contributed by atoms with E-state index >= 15 is 0 Å². The number of H-pyrrole nitrogens is 1. The molecule has 0 spiro atoms. The van der Waals surface area contributed by atoms with Crippen LogP contribution in [0.3, 0.4) is 0 Å². The molecule has 0 aliphatic carbocycles. The zero-order chi connectivity index (χ0) is 11.5. The summed E-state index contributed by atoms with van der Waals surface area (Å²) in [6.45, 7) is 0. The van der Waals surface area contributed by atoms with E-state index in [-0.39, 0.29) is 11.3 Å². The van der Waals surface area contributed by atoms with E-state index < -0.39 is 5.91 Å². The predicted octanol–water partition coefficient (Wildman–Crippen LogP) is -0.849. The van der Waals surface area contributed by atoms with Crippen LogP contribution in [0.1, 0.15) is 10.5 Å². The van der Waals surface area contributed by atoms with Crippen LogP contribution in [0, 0.1) is 0 Å². The van der Waals surface area contributed by atoms with Gasteiger partial charge in [0.15, 0.2) is 0 Å². The van der Waals surface area contributed by atoms with E-state index in [1.54, 1.807) is 7.05 Å². The molecule has 2 heterocycles. The van der Waals surface area contributed by atoms with Gasteiger partial charge in [-0.15, -0.1) is 0 Å². The Morgan fingerprint density at radius 3 is 2.88 bits per heavy atom. The number of aryl methyl sites for hydroxylation is 1. The van der Waals surface area contributed by atoms with Gasteiger partial charge in [0.1, 0.15) is 12.0 Å². The standard InChI is InChI=1S/C8H8N6O2/c1-14-8(9-4-10-14)11-7(16)5-2-3-6(15)13-12-5/h2-4H,1H3,(H,13,15)(H,9,10,11,16). The van der Waals surface area contributed by atoms with Gasteiger partial charge in [0, 0.05) is 13.1 Å². The van der Waals surface area contributed by atoms with Crippen LogP contribution >= 0.6 is 0 Å². The molecule has 2 aromatic heterocycles. The monoisotopic (exact) mass is 220 g/mol. The molecule has 16 heavy (non-hydrogen) atoms. The first kappa shape index (κ1) is 10.0. The molecule has 82 valence electrons. The van der Waals surface area contributed by atoms with Crippen molar-refractivity contribution >= 4 is 11.9 Å². The second-order valence-electron chi connectivity index (χ2n) is 2.97. The Balaban J connectivity index is 2.18. The number of aromatic nitrogens is 5. The maximum absolute atomic E-state index is 11.6. The molecule has 8 nitrogen and oxygen atoms in total. The smallest absolute Gasteiger partial charge is 0.278 e. The first-order chi connectivity index (χ1) is 7.66. The van der Waals surface area contributed by atoms with Gasteiger partial charge < -0.3 is 0 Å². The molecule has 0 aliphatic heterocycles. The summed E-state index contributed by atoms with van der Waals surface area (Å²) < 4.78 is 1.41. The Morgan fingerprint density at radius 2 is 2.31 bits per heavy atom. The number of rotatable bonds is 2. The SMILES string of the molecule is Cn1ncnc1NC(=O)c1ccc(=O)[nH]n1. The van der Waals surface area contributed by atoms with Crippen molar-refractivity contribution in [2.75, 3.05) is 5.32 Å². The van der Waals surface area contributed by atoms with Crippen molar-refractivity contribution in [2.45, 2.75) is 0 Å². The molecule has 0 fully saturated rings. The number of anilines is 1. The second kappa shape index (κ2) is 3.93. The lowest BCUT2D eigenvalue weighted by Gasteiger charge is -2.01. The molecule has 0 saturated carbocycles. The molecule has 2 rings (SSSR count). The third-order valence-electron chi connectivity index (χ3n) is 1.85. The zero-order valence-electron chi connectivity index (χ0n) is 8.34. The molecule has 0 radical (unpaired) electrons. The summed E-state index contributed by atoms with van der Waals surface area (Å²) in [5, 5.41) is 12.0. The van der Waals surface area contributed by atoms with Crippen molar-refractivity contribution in [3.8, 4) is 0 Å². The van der Waals surface area contributed by atoms with Crippen molar-refractivity contribution in [1.29, 1.82) is 0 Å². The maximum atomic E-state index is 11.6. The van der Waals surface area contributed by atoms with Crippen molar-refractivity contribution in [3.05, 3.63) is 34.5 Å². The predicted molar refractivity (Wildman–Crippen MR) is 53.8 cm³/mol. The largest absolute Gasteiger partial charge is 0.289 e. The van der Waals surface area contributed by atoms with E-state index in [2.05, 4.69) is 25.6 Å². The summed E-state index contributed by atoms with van der Waals surface area (Å²) in [6.07, 6.45) is 1.32. The molecule has 0 bridgehead atoms.